The third-order valence-corrected chi connectivity index (χ3v) is 5.68. The summed E-state index contributed by atoms with van der Waals surface area (Å²) in [6.07, 6.45) is 3.17. The third-order valence-electron chi connectivity index (χ3n) is 4.77. The Morgan fingerprint density at radius 3 is 2.75 bits per heavy atom. The SMILES string of the molecule is Cc1ccc(-c2nc(CC(=O)N3CCN(CC4CC4)CC3)cs2)o1. The van der Waals surface area contributed by atoms with Gasteiger partial charge in [0.15, 0.2) is 10.8 Å². The molecule has 4 rings (SSSR count). The van der Waals surface area contributed by atoms with Gasteiger partial charge in [-0.25, -0.2) is 4.98 Å². The summed E-state index contributed by atoms with van der Waals surface area (Å²) in [5.74, 6) is 2.77. The highest BCUT2D eigenvalue weighted by Crippen LogP contribution is 2.30. The number of thiazole rings is 1. The number of carbonyl (C=O) groups is 1. The number of aryl methyl sites for hydroxylation is 1. The molecule has 1 saturated carbocycles. The van der Waals surface area contributed by atoms with Crippen LogP contribution in [0.15, 0.2) is 21.9 Å². The van der Waals surface area contributed by atoms with E-state index in [1.54, 1.807) is 0 Å². The molecule has 0 spiro atoms. The van der Waals surface area contributed by atoms with Crippen molar-refractivity contribution in [2.75, 3.05) is 32.7 Å². The summed E-state index contributed by atoms with van der Waals surface area (Å²) in [5, 5.41) is 2.81. The van der Waals surface area contributed by atoms with E-state index >= 15 is 0 Å². The molecule has 1 saturated heterocycles. The Balaban J connectivity index is 1.30. The largest absolute Gasteiger partial charge is 0.459 e. The van der Waals surface area contributed by atoms with Gasteiger partial charge >= 0.3 is 0 Å². The molecule has 0 aromatic carbocycles. The molecule has 1 aliphatic heterocycles. The highest BCUT2D eigenvalue weighted by molar-refractivity contribution is 7.13. The molecule has 1 aliphatic carbocycles. The predicted molar refractivity (Wildman–Crippen MR) is 94.0 cm³/mol. The van der Waals surface area contributed by atoms with Crippen LogP contribution in [0.2, 0.25) is 0 Å². The van der Waals surface area contributed by atoms with Gasteiger partial charge < -0.3 is 9.32 Å². The molecule has 2 aromatic heterocycles. The maximum absolute atomic E-state index is 12.5. The third kappa shape index (κ3) is 3.70. The number of aromatic nitrogens is 1. The van der Waals surface area contributed by atoms with Gasteiger partial charge in [0.05, 0.1) is 12.1 Å². The molecule has 6 heteroatoms. The first-order chi connectivity index (χ1) is 11.7. The fourth-order valence-electron chi connectivity index (χ4n) is 3.16. The van der Waals surface area contributed by atoms with Gasteiger partial charge in [-0.3, -0.25) is 9.69 Å². The van der Waals surface area contributed by atoms with Gasteiger partial charge in [-0.1, -0.05) is 0 Å². The molecule has 24 heavy (non-hydrogen) atoms. The predicted octanol–water partition coefficient (Wildman–Crippen LogP) is 2.81. The van der Waals surface area contributed by atoms with Crippen molar-refractivity contribution < 1.29 is 9.21 Å². The van der Waals surface area contributed by atoms with E-state index in [9.17, 15) is 4.79 Å². The first-order valence-corrected chi connectivity index (χ1v) is 9.57. The minimum absolute atomic E-state index is 0.188. The second-order valence-corrected chi connectivity index (χ2v) is 7.71. The molecular weight excluding hydrogens is 322 g/mol. The average Bonchev–Trinajstić information content (AvgIpc) is 3.08. The Hall–Kier alpha value is -1.66. The maximum Gasteiger partial charge on any atom is 0.228 e. The first-order valence-electron chi connectivity index (χ1n) is 8.69. The Morgan fingerprint density at radius 2 is 2.08 bits per heavy atom. The quantitative estimate of drug-likeness (QED) is 0.836. The molecule has 5 nitrogen and oxygen atoms in total. The second kappa shape index (κ2) is 6.69. The number of rotatable bonds is 5. The lowest BCUT2D eigenvalue weighted by atomic mass is 10.2. The van der Waals surface area contributed by atoms with Crippen LogP contribution in [0.1, 0.15) is 24.3 Å². The molecule has 1 amide bonds. The monoisotopic (exact) mass is 345 g/mol. The topological polar surface area (TPSA) is 49.6 Å². The summed E-state index contributed by atoms with van der Waals surface area (Å²) in [6, 6.07) is 3.86. The number of piperazine rings is 1. The van der Waals surface area contributed by atoms with Gasteiger partial charge in [0, 0.05) is 38.1 Å². The van der Waals surface area contributed by atoms with E-state index in [2.05, 4.69) is 9.88 Å². The lowest BCUT2D eigenvalue weighted by Gasteiger charge is -2.34. The molecule has 0 N–H and O–H groups in total. The Kier molecular flexibility index (Phi) is 4.41. The smallest absolute Gasteiger partial charge is 0.228 e. The van der Waals surface area contributed by atoms with E-state index in [-0.39, 0.29) is 5.91 Å². The zero-order valence-electron chi connectivity index (χ0n) is 14.0. The van der Waals surface area contributed by atoms with Crippen molar-refractivity contribution in [3.05, 3.63) is 29.0 Å². The van der Waals surface area contributed by atoms with Crippen molar-refractivity contribution in [1.29, 1.82) is 0 Å². The molecule has 2 aliphatic rings. The van der Waals surface area contributed by atoms with E-state index in [1.807, 2.05) is 29.3 Å². The van der Waals surface area contributed by atoms with Crippen LogP contribution in [0.5, 0.6) is 0 Å². The van der Waals surface area contributed by atoms with E-state index in [0.29, 0.717) is 6.42 Å². The average molecular weight is 345 g/mol. The van der Waals surface area contributed by atoms with E-state index in [1.165, 1.54) is 30.7 Å². The molecular formula is C18H23N3O2S. The molecule has 2 fully saturated rings. The van der Waals surface area contributed by atoms with Crippen LogP contribution < -0.4 is 0 Å². The van der Waals surface area contributed by atoms with Gasteiger partial charge in [0.25, 0.3) is 0 Å². The van der Waals surface area contributed by atoms with Gasteiger partial charge in [0.1, 0.15) is 5.76 Å². The minimum Gasteiger partial charge on any atom is -0.459 e. The van der Waals surface area contributed by atoms with Crippen LogP contribution in [0.4, 0.5) is 0 Å². The van der Waals surface area contributed by atoms with Crippen molar-refractivity contribution in [1.82, 2.24) is 14.8 Å². The second-order valence-electron chi connectivity index (χ2n) is 6.86. The van der Waals surface area contributed by atoms with Gasteiger partial charge in [-0.2, -0.15) is 0 Å². The Morgan fingerprint density at radius 1 is 1.29 bits per heavy atom. The molecule has 0 bridgehead atoms. The molecule has 128 valence electrons. The number of hydrogen-bond acceptors (Lipinski definition) is 5. The normalized spacial score (nSPS) is 19.0. The Bertz CT molecular complexity index is 711. The number of hydrogen-bond donors (Lipinski definition) is 0. The van der Waals surface area contributed by atoms with E-state index in [4.69, 9.17) is 4.42 Å². The summed E-state index contributed by atoms with van der Waals surface area (Å²) < 4.78 is 5.60. The summed E-state index contributed by atoms with van der Waals surface area (Å²) in [7, 11) is 0. The zero-order valence-corrected chi connectivity index (χ0v) is 14.8. The molecule has 2 aromatic rings. The van der Waals surface area contributed by atoms with Crippen LogP contribution in [-0.4, -0.2) is 53.4 Å². The summed E-state index contributed by atoms with van der Waals surface area (Å²) >= 11 is 1.53. The number of furan rings is 1. The van der Waals surface area contributed by atoms with Crippen LogP contribution in [-0.2, 0) is 11.2 Å². The number of nitrogens with zero attached hydrogens (tertiary/aromatic N) is 3. The summed E-state index contributed by atoms with van der Waals surface area (Å²) in [4.78, 5) is 21.6. The fourth-order valence-corrected chi connectivity index (χ4v) is 3.94. The minimum atomic E-state index is 0.188. The van der Waals surface area contributed by atoms with Crippen molar-refractivity contribution >= 4 is 17.2 Å². The lowest BCUT2D eigenvalue weighted by molar-refractivity contribution is -0.132. The van der Waals surface area contributed by atoms with E-state index in [0.717, 1.165) is 54.3 Å². The van der Waals surface area contributed by atoms with Gasteiger partial charge in [0.2, 0.25) is 5.91 Å². The summed E-state index contributed by atoms with van der Waals surface area (Å²) in [6.45, 7) is 6.86. The number of amides is 1. The first kappa shape index (κ1) is 15.8. The van der Waals surface area contributed by atoms with Gasteiger partial charge in [-0.05, 0) is 37.8 Å². The van der Waals surface area contributed by atoms with Gasteiger partial charge in [-0.15, -0.1) is 11.3 Å². The molecule has 0 unspecified atom stereocenters. The van der Waals surface area contributed by atoms with Crippen LogP contribution in [0.3, 0.4) is 0 Å². The van der Waals surface area contributed by atoms with Crippen molar-refractivity contribution in [2.24, 2.45) is 5.92 Å². The molecule has 3 heterocycles. The van der Waals surface area contributed by atoms with E-state index < -0.39 is 0 Å². The molecule has 0 atom stereocenters. The summed E-state index contributed by atoms with van der Waals surface area (Å²) in [5.41, 5.74) is 0.842. The highest BCUT2D eigenvalue weighted by Gasteiger charge is 2.27. The van der Waals surface area contributed by atoms with Crippen LogP contribution in [0.25, 0.3) is 10.8 Å². The van der Waals surface area contributed by atoms with Crippen molar-refractivity contribution in [2.45, 2.75) is 26.2 Å². The fraction of sp³-hybridized carbons (Fsp3) is 0.556. The Labute approximate surface area is 146 Å². The molecule has 0 radical (unpaired) electrons. The highest BCUT2D eigenvalue weighted by atomic mass is 32.1. The number of carbonyl (C=O) groups excluding carboxylic acids is 1. The maximum atomic E-state index is 12.5. The van der Waals surface area contributed by atoms with Crippen molar-refractivity contribution in [3.8, 4) is 10.8 Å². The lowest BCUT2D eigenvalue weighted by Crippen LogP contribution is -2.49. The van der Waals surface area contributed by atoms with Crippen molar-refractivity contribution in [3.63, 3.8) is 0 Å². The van der Waals surface area contributed by atoms with Crippen LogP contribution >= 0.6 is 11.3 Å². The van der Waals surface area contributed by atoms with Crippen LogP contribution in [0, 0.1) is 12.8 Å². The standard InChI is InChI=1S/C18H23N3O2S/c1-13-2-5-16(23-13)18-19-15(12-24-18)10-17(22)21-8-6-20(7-9-21)11-14-3-4-14/h2,5,12,14H,3-4,6-11H2,1H3. The zero-order chi connectivity index (χ0) is 16.5.